The minimum Gasteiger partial charge on any atom is -0.480 e. The number of carboxylic acids is 1. The van der Waals surface area contributed by atoms with Gasteiger partial charge >= 0.3 is 5.97 Å². The average Bonchev–Trinajstić information content (AvgIpc) is 2.20. The summed E-state index contributed by atoms with van der Waals surface area (Å²) in [6.07, 6.45) is 0. The molecule has 1 aromatic rings. The Morgan fingerprint density at radius 3 is 2.33 bits per heavy atom. The van der Waals surface area contributed by atoms with Crippen LogP contribution in [0.2, 0.25) is 10.0 Å². The van der Waals surface area contributed by atoms with E-state index in [0.29, 0.717) is 16.6 Å². The number of halogens is 2. The molecule has 0 saturated carbocycles. The normalized spacial score (nSPS) is 11.9. The highest BCUT2D eigenvalue weighted by Crippen LogP contribution is 2.24. The van der Waals surface area contributed by atoms with Crippen LogP contribution in [0.25, 0.3) is 0 Å². The van der Waals surface area contributed by atoms with Gasteiger partial charge in [-0.25, -0.2) is 0 Å². The summed E-state index contributed by atoms with van der Waals surface area (Å²) in [5.74, 6) is -0.843. The molecule has 0 aliphatic rings. The van der Waals surface area contributed by atoms with Gasteiger partial charge in [0.1, 0.15) is 0 Å². The Morgan fingerprint density at radius 1 is 1.28 bits per heavy atom. The molecule has 1 N–H and O–H groups in total. The molecule has 100 valence electrons. The van der Waals surface area contributed by atoms with E-state index in [4.69, 9.17) is 28.3 Å². The lowest BCUT2D eigenvalue weighted by Crippen LogP contribution is -2.43. The molecule has 18 heavy (non-hydrogen) atoms. The van der Waals surface area contributed by atoms with Crippen molar-refractivity contribution in [2.75, 3.05) is 6.54 Å². The lowest BCUT2D eigenvalue weighted by atomic mass is 10.0. The number of aliphatic carboxylic acids is 1. The molecular weight excluding hydrogens is 273 g/mol. The Balaban J connectivity index is 2.89. The van der Waals surface area contributed by atoms with Crippen LogP contribution in [0.5, 0.6) is 0 Å². The first-order valence-corrected chi connectivity index (χ1v) is 6.36. The van der Waals surface area contributed by atoms with Crippen molar-refractivity contribution in [1.82, 2.24) is 4.90 Å². The van der Waals surface area contributed by atoms with Crippen molar-refractivity contribution in [3.05, 3.63) is 33.8 Å². The third-order valence-electron chi connectivity index (χ3n) is 2.63. The molecule has 0 fully saturated rings. The largest absolute Gasteiger partial charge is 0.480 e. The minimum atomic E-state index is -0.843. The van der Waals surface area contributed by atoms with Gasteiger partial charge in [0.25, 0.3) is 0 Å². The van der Waals surface area contributed by atoms with Crippen molar-refractivity contribution in [2.24, 2.45) is 0 Å². The van der Waals surface area contributed by atoms with Gasteiger partial charge in [-0.15, -0.1) is 0 Å². The number of carboxylic acid groups (broad SMARTS) is 1. The zero-order valence-electron chi connectivity index (χ0n) is 10.7. The molecule has 0 saturated heterocycles. The highest BCUT2D eigenvalue weighted by Gasteiger charge is 2.23. The van der Waals surface area contributed by atoms with Crippen LogP contribution in [0.1, 0.15) is 26.3 Å². The lowest BCUT2D eigenvalue weighted by Gasteiger charge is -2.34. The summed E-state index contributed by atoms with van der Waals surface area (Å²) < 4.78 is 0. The fourth-order valence-corrected chi connectivity index (χ4v) is 1.87. The molecule has 0 radical (unpaired) electrons. The van der Waals surface area contributed by atoms with Gasteiger partial charge in [0.2, 0.25) is 0 Å². The first-order valence-electron chi connectivity index (χ1n) is 5.61. The van der Waals surface area contributed by atoms with E-state index in [2.05, 4.69) is 0 Å². The third kappa shape index (κ3) is 4.48. The predicted octanol–water partition coefficient (Wildman–Crippen LogP) is 3.68. The molecule has 0 aromatic heterocycles. The van der Waals surface area contributed by atoms with Crippen molar-refractivity contribution in [3.63, 3.8) is 0 Å². The minimum absolute atomic E-state index is 0.0102. The molecule has 0 heterocycles. The second-order valence-corrected chi connectivity index (χ2v) is 5.98. The molecule has 3 nitrogen and oxygen atoms in total. The smallest absolute Gasteiger partial charge is 0.317 e. The van der Waals surface area contributed by atoms with Gasteiger partial charge in [0, 0.05) is 12.1 Å². The lowest BCUT2D eigenvalue weighted by molar-refractivity contribution is -0.139. The maximum atomic E-state index is 10.9. The summed E-state index contributed by atoms with van der Waals surface area (Å²) in [5, 5.41) is 9.92. The third-order valence-corrected chi connectivity index (χ3v) is 3.37. The topological polar surface area (TPSA) is 40.5 Å². The molecule has 0 bridgehead atoms. The van der Waals surface area contributed by atoms with Crippen LogP contribution in [0.4, 0.5) is 0 Å². The maximum absolute atomic E-state index is 10.9. The van der Waals surface area contributed by atoms with E-state index in [1.54, 1.807) is 12.1 Å². The van der Waals surface area contributed by atoms with Crippen LogP contribution in [0.15, 0.2) is 18.2 Å². The molecule has 1 aromatic carbocycles. The molecule has 1 rings (SSSR count). The number of nitrogens with zero attached hydrogens (tertiary/aromatic N) is 1. The number of rotatable bonds is 4. The summed E-state index contributed by atoms with van der Waals surface area (Å²) in [6.45, 7) is 6.45. The monoisotopic (exact) mass is 289 g/mol. The van der Waals surface area contributed by atoms with Crippen molar-refractivity contribution >= 4 is 29.2 Å². The second kappa shape index (κ2) is 5.91. The number of hydrogen-bond donors (Lipinski definition) is 1. The van der Waals surface area contributed by atoms with Gasteiger partial charge < -0.3 is 5.11 Å². The second-order valence-electron chi connectivity index (χ2n) is 5.17. The molecular formula is C13H17Cl2NO2. The Kier molecular flexibility index (Phi) is 5.02. The Labute approximate surface area is 117 Å². The van der Waals surface area contributed by atoms with Crippen molar-refractivity contribution in [3.8, 4) is 0 Å². The highest BCUT2D eigenvalue weighted by atomic mass is 35.5. The van der Waals surface area contributed by atoms with E-state index >= 15 is 0 Å². The van der Waals surface area contributed by atoms with Gasteiger partial charge in [-0.2, -0.15) is 0 Å². The predicted molar refractivity (Wildman–Crippen MR) is 74.3 cm³/mol. The van der Waals surface area contributed by atoms with Crippen LogP contribution in [-0.4, -0.2) is 28.1 Å². The van der Waals surface area contributed by atoms with E-state index in [9.17, 15) is 4.79 Å². The van der Waals surface area contributed by atoms with Crippen LogP contribution in [0, 0.1) is 0 Å². The van der Waals surface area contributed by atoms with Crippen LogP contribution < -0.4 is 0 Å². The molecule has 0 spiro atoms. The quantitative estimate of drug-likeness (QED) is 0.919. The first kappa shape index (κ1) is 15.3. The first-order chi connectivity index (χ1) is 8.20. The summed E-state index contributed by atoms with van der Waals surface area (Å²) in [6, 6.07) is 5.35. The van der Waals surface area contributed by atoms with Crippen molar-refractivity contribution < 1.29 is 9.90 Å². The number of carbonyl (C=O) groups is 1. The molecule has 0 amide bonds. The zero-order valence-corrected chi connectivity index (χ0v) is 12.2. The molecule has 0 aliphatic heterocycles. The molecule has 0 atom stereocenters. The average molecular weight is 290 g/mol. The van der Waals surface area contributed by atoms with Crippen LogP contribution in [0.3, 0.4) is 0 Å². The fraction of sp³-hybridized carbons (Fsp3) is 0.462. The standard InChI is InChI=1S/C13H17Cl2NO2/c1-13(2,3)16(8-12(17)18)7-9-4-5-10(14)11(15)6-9/h4-6H,7-8H2,1-3H3,(H,17,18). The summed E-state index contributed by atoms with van der Waals surface area (Å²) in [4.78, 5) is 12.7. The SMILES string of the molecule is CC(C)(C)N(CC(=O)O)Cc1ccc(Cl)c(Cl)c1. The fourth-order valence-electron chi connectivity index (χ4n) is 1.55. The van der Waals surface area contributed by atoms with Crippen LogP contribution >= 0.6 is 23.2 Å². The molecule has 5 heteroatoms. The van der Waals surface area contributed by atoms with Gasteiger partial charge in [-0.05, 0) is 38.5 Å². The number of benzene rings is 1. The Morgan fingerprint density at radius 2 is 1.89 bits per heavy atom. The van der Waals surface area contributed by atoms with E-state index in [0.717, 1.165) is 5.56 Å². The number of hydrogen-bond acceptors (Lipinski definition) is 2. The Bertz CT molecular complexity index is 441. The molecule has 0 unspecified atom stereocenters. The van der Waals surface area contributed by atoms with Gasteiger partial charge in [-0.1, -0.05) is 29.3 Å². The summed E-state index contributed by atoms with van der Waals surface area (Å²) in [7, 11) is 0. The Hall–Kier alpha value is -0.770. The highest BCUT2D eigenvalue weighted by molar-refractivity contribution is 6.42. The van der Waals surface area contributed by atoms with E-state index in [-0.39, 0.29) is 12.1 Å². The molecule has 0 aliphatic carbocycles. The van der Waals surface area contributed by atoms with E-state index in [1.165, 1.54) is 0 Å². The summed E-state index contributed by atoms with van der Waals surface area (Å²) >= 11 is 11.8. The van der Waals surface area contributed by atoms with Crippen molar-refractivity contribution in [1.29, 1.82) is 0 Å². The van der Waals surface area contributed by atoms with Crippen molar-refractivity contribution in [2.45, 2.75) is 32.9 Å². The summed E-state index contributed by atoms with van der Waals surface area (Å²) in [5.41, 5.74) is 0.713. The van der Waals surface area contributed by atoms with Gasteiger partial charge in [0.05, 0.1) is 16.6 Å². The zero-order chi connectivity index (χ0) is 13.9. The van der Waals surface area contributed by atoms with E-state index < -0.39 is 5.97 Å². The van der Waals surface area contributed by atoms with E-state index in [1.807, 2.05) is 31.7 Å². The maximum Gasteiger partial charge on any atom is 0.317 e. The van der Waals surface area contributed by atoms with Crippen LogP contribution in [-0.2, 0) is 11.3 Å². The van der Waals surface area contributed by atoms with Gasteiger partial charge in [0.15, 0.2) is 0 Å². The van der Waals surface area contributed by atoms with Gasteiger partial charge in [-0.3, -0.25) is 9.69 Å².